The summed E-state index contributed by atoms with van der Waals surface area (Å²) in [6, 6.07) is 6.68. The van der Waals surface area contributed by atoms with Crippen molar-refractivity contribution in [1.82, 2.24) is 9.97 Å². The first-order chi connectivity index (χ1) is 10.7. The van der Waals surface area contributed by atoms with Crippen LogP contribution in [-0.4, -0.2) is 29.2 Å². The van der Waals surface area contributed by atoms with Gasteiger partial charge in [0.25, 0.3) is 0 Å². The molecular weight excluding hydrogens is 276 g/mol. The summed E-state index contributed by atoms with van der Waals surface area (Å²) in [4.78, 5) is 9.10. The lowest BCUT2D eigenvalue weighted by atomic mass is 9.98. The summed E-state index contributed by atoms with van der Waals surface area (Å²) >= 11 is 0. The van der Waals surface area contributed by atoms with Gasteiger partial charge < -0.3 is 15.8 Å². The number of nitrogens with one attached hydrogen (secondary N) is 1. The van der Waals surface area contributed by atoms with E-state index in [9.17, 15) is 0 Å². The molecule has 5 nitrogen and oxygen atoms in total. The number of ether oxygens (including phenoxy) is 1. The summed E-state index contributed by atoms with van der Waals surface area (Å²) in [5.74, 6) is 1.20. The first-order valence-electron chi connectivity index (χ1n) is 7.88. The summed E-state index contributed by atoms with van der Waals surface area (Å²) in [5, 5.41) is 4.47. The second kappa shape index (κ2) is 4.27. The predicted octanol–water partition coefficient (Wildman–Crippen LogP) is 2.44. The maximum Gasteiger partial charge on any atom is 0.223 e. The van der Waals surface area contributed by atoms with Crippen molar-refractivity contribution in [2.45, 2.75) is 24.4 Å². The molecule has 1 saturated heterocycles. The fourth-order valence-electron chi connectivity index (χ4n) is 3.42. The average molecular weight is 298 g/mol. The Morgan fingerprint density at radius 1 is 1.32 bits per heavy atom. The Morgan fingerprint density at radius 3 is 2.86 bits per heavy atom. The SMILES string of the molecule is NC1(c2ccc3cnc(NC4CCOCC4)nc3c2)C2=CC21.[HH].[HH]. The summed E-state index contributed by atoms with van der Waals surface area (Å²) < 4.78 is 5.38. The van der Waals surface area contributed by atoms with Gasteiger partial charge in [-0.15, -0.1) is 0 Å². The maximum absolute atomic E-state index is 6.40. The van der Waals surface area contributed by atoms with E-state index in [1.807, 2.05) is 6.20 Å². The van der Waals surface area contributed by atoms with E-state index in [4.69, 9.17) is 10.5 Å². The van der Waals surface area contributed by atoms with E-state index in [1.165, 1.54) is 11.1 Å². The fourth-order valence-corrected chi connectivity index (χ4v) is 3.42. The van der Waals surface area contributed by atoms with Crippen LogP contribution in [-0.2, 0) is 10.3 Å². The Morgan fingerprint density at radius 2 is 2.14 bits per heavy atom. The molecule has 0 spiro atoms. The minimum absolute atomic E-state index is 0. The molecule has 2 aliphatic carbocycles. The fraction of sp³-hybridized carbons (Fsp3) is 0.412. The minimum atomic E-state index is -0.201. The van der Waals surface area contributed by atoms with Crippen LogP contribution in [0.3, 0.4) is 0 Å². The molecule has 5 heteroatoms. The zero-order valence-electron chi connectivity index (χ0n) is 12.2. The second-order valence-electron chi connectivity index (χ2n) is 6.47. The summed E-state index contributed by atoms with van der Waals surface area (Å²) in [6.45, 7) is 1.61. The highest BCUT2D eigenvalue weighted by molar-refractivity contribution is 5.81. The van der Waals surface area contributed by atoms with Gasteiger partial charge in [0.2, 0.25) is 5.95 Å². The molecule has 1 saturated carbocycles. The van der Waals surface area contributed by atoms with Crippen molar-refractivity contribution in [2.24, 2.45) is 11.7 Å². The van der Waals surface area contributed by atoms with Crippen molar-refractivity contribution < 1.29 is 7.59 Å². The molecule has 116 valence electrons. The first kappa shape index (κ1) is 12.6. The number of nitrogens with two attached hydrogens (primary N) is 1. The molecule has 3 N–H and O–H groups in total. The molecule has 0 bridgehead atoms. The second-order valence-corrected chi connectivity index (χ2v) is 6.47. The number of anilines is 1. The molecular formula is C17H22N4O. The van der Waals surface area contributed by atoms with E-state index in [1.54, 1.807) is 0 Å². The van der Waals surface area contributed by atoms with Crippen LogP contribution in [0.5, 0.6) is 0 Å². The van der Waals surface area contributed by atoms with E-state index >= 15 is 0 Å². The topological polar surface area (TPSA) is 73.1 Å². The van der Waals surface area contributed by atoms with Gasteiger partial charge in [0.15, 0.2) is 0 Å². The van der Waals surface area contributed by atoms with Gasteiger partial charge in [-0.05, 0) is 30.0 Å². The highest BCUT2D eigenvalue weighted by Gasteiger charge is 2.66. The van der Waals surface area contributed by atoms with Crippen molar-refractivity contribution in [3.05, 3.63) is 41.6 Å². The largest absolute Gasteiger partial charge is 0.381 e. The quantitative estimate of drug-likeness (QED) is 0.851. The van der Waals surface area contributed by atoms with Gasteiger partial charge in [-0.2, -0.15) is 0 Å². The lowest BCUT2D eigenvalue weighted by molar-refractivity contribution is 0.0903. The molecule has 2 unspecified atom stereocenters. The van der Waals surface area contributed by atoms with Crippen LogP contribution in [0.1, 0.15) is 21.3 Å². The number of nitrogens with zero attached hydrogens (tertiary/aromatic N) is 2. The van der Waals surface area contributed by atoms with Gasteiger partial charge >= 0.3 is 0 Å². The zero-order valence-corrected chi connectivity index (χ0v) is 12.2. The third-order valence-electron chi connectivity index (χ3n) is 5.07. The van der Waals surface area contributed by atoms with Crippen LogP contribution in [0.2, 0.25) is 0 Å². The minimum Gasteiger partial charge on any atom is -0.381 e. The van der Waals surface area contributed by atoms with Gasteiger partial charge in [0, 0.05) is 39.6 Å². The number of benzene rings is 1. The standard InChI is InChI=1S/C17H18N4O.2H2/c18-17(13-8-14(13)17)11-2-1-10-9-19-16(21-15(10)7-11)20-12-3-5-22-6-4-12;;/h1-2,7-9,12-13H,3-6,18H2,(H,19,20,21);2*1H. The Kier molecular flexibility index (Phi) is 2.44. The highest BCUT2D eigenvalue weighted by Crippen LogP contribution is 2.67. The monoisotopic (exact) mass is 298 g/mol. The van der Waals surface area contributed by atoms with Gasteiger partial charge in [-0.25, -0.2) is 9.97 Å². The average Bonchev–Trinajstić information content (AvgIpc) is 3.46. The number of hydrogen-bond acceptors (Lipinski definition) is 5. The molecule has 2 aromatic rings. The van der Waals surface area contributed by atoms with E-state index in [0.29, 0.717) is 17.9 Å². The number of hydrogen-bond donors (Lipinski definition) is 2. The predicted molar refractivity (Wildman–Crippen MR) is 88.7 cm³/mol. The van der Waals surface area contributed by atoms with Crippen molar-refractivity contribution in [3.8, 4) is 0 Å². The van der Waals surface area contributed by atoms with E-state index in [0.717, 1.165) is 37.0 Å². The van der Waals surface area contributed by atoms with Crippen molar-refractivity contribution in [2.75, 3.05) is 18.5 Å². The van der Waals surface area contributed by atoms with Crippen LogP contribution in [0.15, 0.2) is 36.0 Å². The summed E-state index contributed by atoms with van der Waals surface area (Å²) in [6.07, 6.45) is 6.11. The molecule has 2 fully saturated rings. The molecule has 5 rings (SSSR count). The van der Waals surface area contributed by atoms with E-state index in [2.05, 4.69) is 39.6 Å². The molecule has 3 aliphatic rings. The first-order valence-corrected chi connectivity index (χ1v) is 7.88. The van der Waals surface area contributed by atoms with Gasteiger partial charge in [0.1, 0.15) is 0 Å². The molecule has 1 aliphatic heterocycles. The Labute approximate surface area is 131 Å². The van der Waals surface area contributed by atoms with Crippen molar-refractivity contribution in [3.63, 3.8) is 0 Å². The number of fused-ring (bicyclic) bond motifs is 2. The molecule has 2 heterocycles. The lowest BCUT2D eigenvalue weighted by Crippen LogP contribution is -2.28. The smallest absolute Gasteiger partial charge is 0.223 e. The van der Waals surface area contributed by atoms with Crippen LogP contribution in [0, 0.1) is 5.92 Å². The lowest BCUT2D eigenvalue weighted by Gasteiger charge is -2.23. The van der Waals surface area contributed by atoms with Gasteiger partial charge in [0.05, 0.1) is 11.1 Å². The number of rotatable bonds is 3. The van der Waals surface area contributed by atoms with Crippen LogP contribution in [0.4, 0.5) is 5.95 Å². The normalized spacial score (nSPS) is 29.9. The maximum atomic E-state index is 6.40. The molecule has 1 aromatic carbocycles. The number of aromatic nitrogens is 2. The Hall–Kier alpha value is -1.98. The van der Waals surface area contributed by atoms with Crippen LogP contribution < -0.4 is 11.1 Å². The Balaban J connectivity index is 0.000000845. The summed E-state index contributed by atoms with van der Waals surface area (Å²) in [5.41, 5.74) is 9.70. The van der Waals surface area contributed by atoms with E-state index in [-0.39, 0.29) is 8.39 Å². The third kappa shape index (κ3) is 1.79. The van der Waals surface area contributed by atoms with Crippen molar-refractivity contribution >= 4 is 16.9 Å². The van der Waals surface area contributed by atoms with Crippen molar-refractivity contribution in [1.29, 1.82) is 0 Å². The molecule has 2 atom stereocenters. The third-order valence-corrected chi connectivity index (χ3v) is 5.07. The van der Waals surface area contributed by atoms with Gasteiger partial charge in [-0.1, -0.05) is 18.2 Å². The molecule has 22 heavy (non-hydrogen) atoms. The van der Waals surface area contributed by atoms with Gasteiger partial charge in [-0.3, -0.25) is 0 Å². The van der Waals surface area contributed by atoms with Crippen LogP contribution in [0.25, 0.3) is 10.9 Å². The summed E-state index contributed by atoms with van der Waals surface area (Å²) in [7, 11) is 0. The molecule has 0 radical (unpaired) electrons. The molecule has 1 aromatic heterocycles. The zero-order chi connectivity index (χ0) is 14.7. The Bertz CT molecular complexity index is 806. The van der Waals surface area contributed by atoms with E-state index < -0.39 is 0 Å². The highest BCUT2D eigenvalue weighted by atomic mass is 16.5. The van der Waals surface area contributed by atoms with Crippen LogP contribution >= 0.6 is 0 Å². The molecule has 0 amide bonds.